The van der Waals surface area contributed by atoms with Crippen LogP contribution >= 0.6 is 0 Å². The summed E-state index contributed by atoms with van der Waals surface area (Å²) in [5.41, 5.74) is -0.414. The van der Waals surface area contributed by atoms with Crippen LogP contribution in [0.15, 0.2) is 4.99 Å². The lowest BCUT2D eigenvalue weighted by molar-refractivity contribution is -0.156. The van der Waals surface area contributed by atoms with E-state index in [9.17, 15) is 4.79 Å². The highest BCUT2D eigenvalue weighted by Crippen LogP contribution is 2.35. The number of rotatable bonds is 4. The summed E-state index contributed by atoms with van der Waals surface area (Å²) in [7, 11) is 0. The molecule has 0 aromatic heterocycles. The SMILES string of the molecule is CCOC(=O)C1(CC)CCN=C(OCC)C1. The average molecular weight is 227 g/mol. The van der Waals surface area contributed by atoms with Gasteiger partial charge in [-0.15, -0.1) is 0 Å². The third kappa shape index (κ3) is 2.74. The molecule has 92 valence electrons. The molecule has 0 spiro atoms. The second-order valence-electron chi connectivity index (χ2n) is 3.99. The third-order valence-electron chi connectivity index (χ3n) is 3.06. The summed E-state index contributed by atoms with van der Waals surface area (Å²) in [6, 6.07) is 0. The number of hydrogen-bond acceptors (Lipinski definition) is 4. The van der Waals surface area contributed by atoms with Crippen molar-refractivity contribution >= 4 is 11.9 Å². The van der Waals surface area contributed by atoms with E-state index in [2.05, 4.69) is 4.99 Å². The van der Waals surface area contributed by atoms with Crippen molar-refractivity contribution in [3.05, 3.63) is 0 Å². The summed E-state index contributed by atoms with van der Waals surface area (Å²) < 4.78 is 10.6. The molecule has 1 atom stereocenters. The Balaban J connectivity index is 2.74. The van der Waals surface area contributed by atoms with Crippen molar-refractivity contribution in [1.82, 2.24) is 0 Å². The molecule has 4 heteroatoms. The van der Waals surface area contributed by atoms with Crippen molar-refractivity contribution in [2.45, 2.75) is 40.0 Å². The number of esters is 1. The molecule has 0 saturated heterocycles. The lowest BCUT2D eigenvalue weighted by Crippen LogP contribution is -2.38. The van der Waals surface area contributed by atoms with Crippen molar-refractivity contribution in [2.75, 3.05) is 19.8 Å². The molecule has 1 aliphatic heterocycles. The summed E-state index contributed by atoms with van der Waals surface area (Å²) >= 11 is 0. The molecule has 1 heterocycles. The van der Waals surface area contributed by atoms with Crippen molar-refractivity contribution in [1.29, 1.82) is 0 Å². The van der Waals surface area contributed by atoms with E-state index in [1.165, 1.54) is 0 Å². The minimum atomic E-state index is -0.414. The van der Waals surface area contributed by atoms with Crippen molar-refractivity contribution in [3.8, 4) is 0 Å². The maximum absolute atomic E-state index is 12.0. The Hall–Kier alpha value is -1.06. The van der Waals surface area contributed by atoms with Crippen LogP contribution in [0.3, 0.4) is 0 Å². The van der Waals surface area contributed by atoms with E-state index in [0.717, 1.165) is 12.8 Å². The van der Waals surface area contributed by atoms with Gasteiger partial charge < -0.3 is 9.47 Å². The Labute approximate surface area is 97.0 Å². The van der Waals surface area contributed by atoms with Gasteiger partial charge in [-0.3, -0.25) is 9.79 Å². The highest BCUT2D eigenvalue weighted by Gasteiger charge is 2.41. The zero-order chi connectivity index (χ0) is 12.0. The number of carbonyl (C=O) groups excluding carboxylic acids is 1. The minimum Gasteiger partial charge on any atom is -0.481 e. The third-order valence-corrected chi connectivity index (χ3v) is 3.06. The zero-order valence-electron chi connectivity index (χ0n) is 10.4. The predicted octanol–water partition coefficient (Wildman–Crippen LogP) is 2.17. The first-order valence-corrected chi connectivity index (χ1v) is 6.02. The Morgan fingerprint density at radius 3 is 2.69 bits per heavy atom. The molecule has 0 aromatic rings. The van der Waals surface area contributed by atoms with Gasteiger partial charge in [0.2, 0.25) is 0 Å². The first-order valence-electron chi connectivity index (χ1n) is 6.02. The molecule has 1 unspecified atom stereocenters. The first-order chi connectivity index (χ1) is 7.68. The summed E-state index contributed by atoms with van der Waals surface area (Å²) in [6.45, 7) is 7.47. The summed E-state index contributed by atoms with van der Waals surface area (Å²) in [5.74, 6) is 0.591. The number of aliphatic imine (C=N–C) groups is 1. The number of nitrogens with zero attached hydrogens (tertiary/aromatic N) is 1. The molecule has 0 bridgehead atoms. The van der Waals surface area contributed by atoms with Crippen LogP contribution in [0, 0.1) is 5.41 Å². The van der Waals surface area contributed by atoms with E-state index in [1.807, 2.05) is 20.8 Å². The molecule has 1 aliphatic rings. The summed E-state index contributed by atoms with van der Waals surface area (Å²) in [6.07, 6.45) is 2.12. The maximum Gasteiger partial charge on any atom is 0.312 e. The Morgan fingerprint density at radius 1 is 1.38 bits per heavy atom. The average Bonchev–Trinajstić information content (AvgIpc) is 2.30. The monoisotopic (exact) mass is 227 g/mol. The fourth-order valence-corrected chi connectivity index (χ4v) is 2.00. The van der Waals surface area contributed by atoms with Crippen LogP contribution < -0.4 is 0 Å². The Kier molecular flexibility index (Phi) is 4.77. The highest BCUT2D eigenvalue weighted by atomic mass is 16.5. The molecule has 0 fully saturated rings. The fraction of sp³-hybridized carbons (Fsp3) is 0.833. The van der Waals surface area contributed by atoms with Gasteiger partial charge in [-0.25, -0.2) is 0 Å². The number of ether oxygens (including phenoxy) is 2. The Bertz CT molecular complexity index is 275. The van der Waals surface area contributed by atoms with Gasteiger partial charge >= 0.3 is 5.97 Å². The molecule has 0 saturated carbocycles. The van der Waals surface area contributed by atoms with E-state index in [0.29, 0.717) is 32.1 Å². The lowest BCUT2D eigenvalue weighted by atomic mass is 9.77. The van der Waals surface area contributed by atoms with Gasteiger partial charge in [-0.2, -0.15) is 0 Å². The van der Waals surface area contributed by atoms with Gasteiger partial charge in [0.25, 0.3) is 0 Å². The van der Waals surface area contributed by atoms with Crippen LogP contribution in [0.4, 0.5) is 0 Å². The van der Waals surface area contributed by atoms with E-state index in [1.54, 1.807) is 0 Å². The second kappa shape index (κ2) is 5.87. The van der Waals surface area contributed by atoms with Gasteiger partial charge in [-0.05, 0) is 26.7 Å². The van der Waals surface area contributed by atoms with Crippen LogP contribution in [0.25, 0.3) is 0 Å². The molecule has 0 N–H and O–H groups in total. The molecule has 4 nitrogen and oxygen atoms in total. The topological polar surface area (TPSA) is 47.9 Å². The van der Waals surface area contributed by atoms with Crippen LogP contribution in [-0.2, 0) is 14.3 Å². The largest absolute Gasteiger partial charge is 0.481 e. The van der Waals surface area contributed by atoms with Crippen molar-refractivity contribution < 1.29 is 14.3 Å². The van der Waals surface area contributed by atoms with Gasteiger partial charge in [-0.1, -0.05) is 6.92 Å². The molecule has 0 aliphatic carbocycles. The smallest absolute Gasteiger partial charge is 0.312 e. The van der Waals surface area contributed by atoms with Crippen LogP contribution in [0.2, 0.25) is 0 Å². The molecule has 0 aromatic carbocycles. The molecule has 0 amide bonds. The summed E-state index contributed by atoms with van der Waals surface area (Å²) in [5, 5.41) is 0. The summed E-state index contributed by atoms with van der Waals surface area (Å²) in [4.78, 5) is 16.3. The van der Waals surface area contributed by atoms with Crippen LogP contribution in [-0.4, -0.2) is 31.6 Å². The predicted molar refractivity (Wildman–Crippen MR) is 62.5 cm³/mol. The lowest BCUT2D eigenvalue weighted by Gasteiger charge is -2.32. The fourth-order valence-electron chi connectivity index (χ4n) is 2.00. The normalized spacial score (nSPS) is 24.8. The van der Waals surface area contributed by atoms with Crippen molar-refractivity contribution in [2.24, 2.45) is 10.4 Å². The van der Waals surface area contributed by atoms with E-state index in [4.69, 9.17) is 9.47 Å². The zero-order valence-corrected chi connectivity index (χ0v) is 10.4. The quantitative estimate of drug-likeness (QED) is 0.691. The van der Waals surface area contributed by atoms with E-state index < -0.39 is 5.41 Å². The first kappa shape index (κ1) is 13.0. The van der Waals surface area contributed by atoms with Crippen molar-refractivity contribution in [3.63, 3.8) is 0 Å². The van der Waals surface area contributed by atoms with Gasteiger partial charge in [0.15, 0.2) is 5.90 Å². The molecule has 0 radical (unpaired) electrons. The van der Waals surface area contributed by atoms with E-state index >= 15 is 0 Å². The van der Waals surface area contributed by atoms with Crippen LogP contribution in [0.5, 0.6) is 0 Å². The molecular formula is C12H21NO3. The minimum absolute atomic E-state index is 0.107. The van der Waals surface area contributed by atoms with Gasteiger partial charge in [0, 0.05) is 13.0 Å². The van der Waals surface area contributed by atoms with Crippen LogP contribution in [0.1, 0.15) is 40.0 Å². The molecule has 1 rings (SSSR count). The maximum atomic E-state index is 12.0. The number of carbonyl (C=O) groups is 1. The van der Waals surface area contributed by atoms with Gasteiger partial charge in [0.05, 0.1) is 18.6 Å². The van der Waals surface area contributed by atoms with E-state index in [-0.39, 0.29) is 5.97 Å². The Morgan fingerprint density at radius 2 is 2.12 bits per heavy atom. The second-order valence-corrected chi connectivity index (χ2v) is 3.99. The molecule has 16 heavy (non-hydrogen) atoms. The highest BCUT2D eigenvalue weighted by molar-refractivity contribution is 5.87. The molecular weight excluding hydrogens is 206 g/mol. The number of hydrogen-bond donors (Lipinski definition) is 0. The standard InChI is InChI=1S/C12H21NO3/c1-4-12(11(14)16-6-3)7-8-13-10(9-12)15-5-2/h4-9H2,1-3H3. The van der Waals surface area contributed by atoms with Gasteiger partial charge in [0.1, 0.15) is 0 Å².